The minimum atomic E-state index is -1.32. The van der Waals surface area contributed by atoms with Crippen molar-refractivity contribution in [1.82, 2.24) is 15.6 Å². The molecule has 0 aliphatic rings. The number of Topliss-reactive ketones (excluding diaryl/α,β-unsaturated/α-hetero) is 1. The van der Waals surface area contributed by atoms with Gasteiger partial charge >= 0.3 is 11.9 Å². The summed E-state index contributed by atoms with van der Waals surface area (Å²) < 4.78 is 13.0. The third kappa shape index (κ3) is 9.53. The summed E-state index contributed by atoms with van der Waals surface area (Å²) >= 11 is 1.18. The lowest BCUT2D eigenvalue weighted by Gasteiger charge is -2.16. The van der Waals surface area contributed by atoms with Gasteiger partial charge in [0, 0.05) is 18.1 Å². The SMILES string of the molecule is C.CC(NC(=O)c1cncc(C(=O)N[C@@H](CC(=O)O)C(=O)CSCc2ccc(F)cc2)c1)C(=O)O. The Balaban J connectivity index is 0.00000612. The van der Waals surface area contributed by atoms with E-state index in [0.29, 0.717) is 5.75 Å². The summed E-state index contributed by atoms with van der Waals surface area (Å²) in [7, 11) is 0. The van der Waals surface area contributed by atoms with Gasteiger partial charge in [-0.25, -0.2) is 4.39 Å². The third-order valence-corrected chi connectivity index (χ3v) is 5.51. The fourth-order valence-electron chi connectivity index (χ4n) is 2.64. The second-order valence-electron chi connectivity index (χ2n) is 7.21. The number of pyridine rings is 1. The number of nitrogens with one attached hydrogen (secondary N) is 2. The lowest BCUT2D eigenvalue weighted by molar-refractivity contribution is -0.139. The Bertz CT molecular complexity index is 1080. The van der Waals surface area contributed by atoms with Crippen LogP contribution in [0.3, 0.4) is 0 Å². The highest BCUT2D eigenvalue weighted by atomic mass is 32.2. The first-order chi connectivity index (χ1) is 16.1. The minimum absolute atomic E-state index is 0. The van der Waals surface area contributed by atoms with E-state index in [0.717, 1.165) is 24.0 Å². The summed E-state index contributed by atoms with van der Waals surface area (Å²) in [6.45, 7) is 1.26. The summed E-state index contributed by atoms with van der Waals surface area (Å²) in [6.07, 6.45) is 1.61. The summed E-state index contributed by atoms with van der Waals surface area (Å²) in [5.41, 5.74) is 0.575. The Kier molecular flexibility index (Phi) is 11.5. The molecular formula is C23H26FN3O7S. The molecule has 0 bridgehead atoms. The third-order valence-electron chi connectivity index (χ3n) is 4.48. The number of carbonyl (C=O) groups excluding carboxylic acids is 3. The molecule has 0 spiro atoms. The van der Waals surface area contributed by atoms with Crippen LogP contribution in [0.2, 0.25) is 0 Å². The smallest absolute Gasteiger partial charge is 0.325 e. The van der Waals surface area contributed by atoms with Gasteiger partial charge in [-0.1, -0.05) is 19.6 Å². The first-order valence-electron chi connectivity index (χ1n) is 9.93. The molecule has 2 amide bonds. The van der Waals surface area contributed by atoms with Gasteiger partial charge in [-0.2, -0.15) is 0 Å². The summed E-state index contributed by atoms with van der Waals surface area (Å²) in [4.78, 5) is 63.2. The monoisotopic (exact) mass is 507 g/mol. The van der Waals surface area contributed by atoms with Crippen LogP contribution < -0.4 is 10.6 Å². The standard InChI is InChI=1S/C22H22FN3O7S.CH4/c1-12(22(32)33)25-20(30)14-6-15(9-24-8-14)21(31)26-17(7-19(28)29)18(27)11-34-10-13-2-4-16(23)5-3-13;/h2-6,8-9,12,17H,7,10-11H2,1H3,(H,25,30)(H,26,31)(H,28,29)(H,32,33);1H4/t12?,17-;/m0./s1. The highest BCUT2D eigenvalue weighted by molar-refractivity contribution is 7.99. The number of thioether (sulfide) groups is 1. The number of aliphatic carboxylic acids is 2. The van der Waals surface area contributed by atoms with E-state index < -0.39 is 48.0 Å². The van der Waals surface area contributed by atoms with Gasteiger partial charge in [0.1, 0.15) is 11.9 Å². The summed E-state index contributed by atoms with van der Waals surface area (Å²) in [5, 5.41) is 22.6. The Morgan fingerprint density at radius 2 is 1.57 bits per heavy atom. The number of hydrogen-bond donors (Lipinski definition) is 4. The molecule has 0 aliphatic carbocycles. The van der Waals surface area contributed by atoms with E-state index in [1.54, 1.807) is 12.1 Å². The maximum absolute atomic E-state index is 13.0. The highest BCUT2D eigenvalue weighted by Gasteiger charge is 2.25. The molecule has 0 saturated heterocycles. The van der Waals surface area contributed by atoms with Crippen LogP contribution in [-0.2, 0) is 20.1 Å². The number of carboxylic acids is 2. The van der Waals surface area contributed by atoms with Crippen LogP contribution in [0.4, 0.5) is 4.39 Å². The number of hydrogen-bond acceptors (Lipinski definition) is 7. The Morgan fingerprint density at radius 3 is 2.11 bits per heavy atom. The maximum atomic E-state index is 13.0. The van der Waals surface area contributed by atoms with E-state index in [4.69, 9.17) is 10.2 Å². The average Bonchev–Trinajstić information content (AvgIpc) is 2.79. The number of ketones is 1. The lowest BCUT2D eigenvalue weighted by Crippen LogP contribution is -2.43. The molecular weight excluding hydrogens is 481 g/mol. The normalized spacial score (nSPS) is 11.9. The number of carboxylic acid groups (broad SMARTS) is 2. The van der Waals surface area contributed by atoms with Gasteiger partial charge < -0.3 is 20.8 Å². The molecule has 1 aromatic heterocycles. The predicted octanol–water partition coefficient (Wildman–Crippen LogP) is 2.14. The van der Waals surface area contributed by atoms with Crippen LogP contribution in [-0.4, -0.2) is 62.6 Å². The van der Waals surface area contributed by atoms with Crippen LogP contribution in [0.1, 0.15) is 47.1 Å². The zero-order chi connectivity index (χ0) is 25.3. The zero-order valence-electron chi connectivity index (χ0n) is 18.0. The van der Waals surface area contributed by atoms with Crippen molar-refractivity contribution in [2.45, 2.75) is 38.6 Å². The van der Waals surface area contributed by atoms with Crippen molar-refractivity contribution in [2.75, 3.05) is 5.75 Å². The molecule has 4 N–H and O–H groups in total. The van der Waals surface area contributed by atoms with Gasteiger partial charge in [-0.15, -0.1) is 11.8 Å². The number of halogens is 1. The molecule has 1 heterocycles. The van der Waals surface area contributed by atoms with Crippen molar-refractivity contribution in [3.05, 3.63) is 65.2 Å². The van der Waals surface area contributed by atoms with Gasteiger partial charge in [0.2, 0.25) is 0 Å². The van der Waals surface area contributed by atoms with E-state index in [-0.39, 0.29) is 30.1 Å². The van der Waals surface area contributed by atoms with E-state index in [1.807, 2.05) is 0 Å². The zero-order valence-corrected chi connectivity index (χ0v) is 18.8. The van der Waals surface area contributed by atoms with Crippen molar-refractivity contribution in [3.8, 4) is 0 Å². The number of nitrogens with zero attached hydrogens (tertiary/aromatic N) is 1. The largest absolute Gasteiger partial charge is 0.481 e. The van der Waals surface area contributed by atoms with Crippen LogP contribution in [0.25, 0.3) is 0 Å². The molecule has 12 heteroatoms. The fraction of sp³-hybridized carbons (Fsp3) is 0.304. The second kappa shape index (κ2) is 13.8. The molecule has 2 rings (SSSR count). The summed E-state index contributed by atoms with van der Waals surface area (Å²) in [6, 6.07) is 4.36. The van der Waals surface area contributed by atoms with Crippen LogP contribution in [0.5, 0.6) is 0 Å². The topological polar surface area (TPSA) is 163 Å². The molecule has 35 heavy (non-hydrogen) atoms. The number of amides is 2. The number of benzene rings is 1. The number of rotatable bonds is 12. The Hall–Kier alpha value is -3.80. The lowest BCUT2D eigenvalue weighted by atomic mass is 10.1. The molecule has 10 nitrogen and oxygen atoms in total. The Morgan fingerprint density at radius 1 is 1.00 bits per heavy atom. The van der Waals surface area contributed by atoms with Gasteiger partial charge in [0.25, 0.3) is 11.8 Å². The van der Waals surface area contributed by atoms with Crippen molar-refractivity contribution in [2.24, 2.45) is 0 Å². The van der Waals surface area contributed by atoms with Crippen LogP contribution >= 0.6 is 11.8 Å². The molecule has 0 radical (unpaired) electrons. The van der Waals surface area contributed by atoms with Gasteiger partial charge in [0.05, 0.1) is 29.3 Å². The average molecular weight is 508 g/mol. The molecule has 0 fully saturated rings. The van der Waals surface area contributed by atoms with Gasteiger partial charge in [-0.05, 0) is 30.7 Å². The molecule has 188 valence electrons. The van der Waals surface area contributed by atoms with E-state index in [1.165, 1.54) is 30.8 Å². The highest BCUT2D eigenvalue weighted by Crippen LogP contribution is 2.14. The van der Waals surface area contributed by atoms with Crippen molar-refractivity contribution in [3.63, 3.8) is 0 Å². The predicted molar refractivity (Wildman–Crippen MR) is 127 cm³/mol. The van der Waals surface area contributed by atoms with Crippen LogP contribution in [0.15, 0.2) is 42.7 Å². The Labute approximate surface area is 205 Å². The van der Waals surface area contributed by atoms with E-state index in [9.17, 15) is 28.4 Å². The number of carbonyl (C=O) groups is 5. The second-order valence-corrected chi connectivity index (χ2v) is 8.19. The van der Waals surface area contributed by atoms with Crippen molar-refractivity contribution < 1.29 is 38.6 Å². The first kappa shape index (κ1) is 29.2. The maximum Gasteiger partial charge on any atom is 0.325 e. The van der Waals surface area contributed by atoms with Crippen molar-refractivity contribution in [1.29, 1.82) is 0 Å². The molecule has 2 aromatic rings. The van der Waals surface area contributed by atoms with Crippen LogP contribution in [0, 0.1) is 5.82 Å². The minimum Gasteiger partial charge on any atom is -0.481 e. The van der Waals surface area contributed by atoms with E-state index in [2.05, 4.69) is 15.6 Å². The molecule has 1 unspecified atom stereocenters. The molecule has 1 aromatic carbocycles. The summed E-state index contributed by atoms with van der Waals surface area (Å²) in [5.74, 6) is -4.76. The molecule has 0 saturated carbocycles. The molecule has 2 atom stereocenters. The van der Waals surface area contributed by atoms with Gasteiger partial charge in [-0.3, -0.25) is 29.0 Å². The quantitative estimate of drug-likeness (QED) is 0.337. The first-order valence-corrected chi connectivity index (χ1v) is 11.1. The molecule has 0 aliphatic heterocycles. The van der Waals surface area contributed by atoms with Gasteiger partial charge in [0.15, 0.2) is 5.78 Å². The fourth-order valence-corrected chi connectivity index (χ4v) is 3.57. The van der Waals surface area contributed by atoms with Crippen molar-refractivity contribution >= 4 is 41.3 Å². The number of aromatic nitrogens is 1. The van der Waals surface area contributed by atoms with E-state index >= 15 is 0 Å².